The molecule has 1 rings (SSSR count). The molecule has 1 aromatic rings. The maximum atomic E-state index is 12.1. The van der Waals surface area contributed by atoms with Crippen molar-refractivity contribution < 1.29 is 4.79 Å². The van der Waals surface area contributed by atoms with Gasteiger partial charge in [0.15, 0.2) is 5.78 Å². The van der Waals surface area contributed by atoms with Gasteiger partial charge in [0.25, 0.3) is 0 Å². The number of Topliss-reactive ketones (excluding diaryl/α,β-unsaturated/α-hetero) is 1. The van der Waals surface area contributed by atoms with E-state index in [1.807, 2.05) is 20.8 Å². The van der Waals surface area contributed by atoms with E-state index in [1.165, 1.54) is 0 Å². The largest absolute Gasteiger partial charge is 0.294 e. The lowest BCUT2D eigenvalue weighted by molar-refractivity contribution is 0.0833. The van der Waals surface area contributed by atoms with E-state index < -0.39 is 0 Å². The Morgan fingerprint density at radius 2 is 1.93 bits per heavy atom. The lowest BCUT2D eigenvalue weighted by atomic mass is 9.82. The van der Waals surface area contributed by atoms with Crippen LogP contribution in [0.1, 0.15) is 37.6 Å². The fourth-order valence-corrected chi connectivity index (χ4v) is 1.69. The van der Waals surface area contributed by atoms with Crippen molar-refractivity contribution in [3.8, 4) is 0 Å². The molecule has 3 heteroatoms. The lowest BCUT2D eigenvalue weighted by Crippen LogP contribution is -2.23. The molecule has 0 aliphatic carbocycles. The molecule has 0 fully saturated rings. The van der Waals surface area contributed by atoms with Gasteiger partial charge in [-0.3, -0.25) is 4.79 Å². The highest BCUT2D eigenvalue weighted by Gasteiger charge is 2.27. The van der Waals surface area contributed by atoms with Crippen LogP contribution >= 0.6 is 23.2 Å². The first-order chi connectivity index (χ1) is 6.88. The van der Waals surface area contributed by atoms with Gasteiger partial charge in [0.2, 0.25) is 0 Å². The van der Waals surface area contributed by atoms with E-state index in [0.29, 0.717) is 15.6 Å². The minimum Gasteiger partial charge on any atom is -0.294 e. The molecule has 1 nitrogen and oxygen atoms in total. The van der Waals surface area contributed by atoms with Crippen molar-refractivity contribution in [2.75, 3.05) is 0 Å². The molecule has 0 aliphatic rings. The normalized spacial score (nSPS) is 11.5. The second kappa shape index (κ2) is 4.54. The van der Waals surface area contributed by atoms with Gasteiger partial charge in [0.1, 0.15) is 0 Å². The summed E-state index contributed by atoms with van der Waals surface area (Å²) in [5.74, 6) is 0.0617. The molecule has 0 atom stereocenters. The summed E-state index contributed by atoms with van der Waals surface area (Å²) >= 11 is 11.8. The monoisotopic (exact) mass is 244 g/mol. The van der Waals surface area contributed by atoms with E-state index >= 15 is 0 Å². The summed E-state index contributed by atoms with van der Waals surface area (Å²) in [5, 5.41) is 0.972. The first-order valence-corrected chi connectivity index (χ1v) is 5.64. The number of hydrogen-bond donors (Lipinski definition) is 0. The number of benzene rings is 1. The zero-order valence-electron chi connectivity index (χ0n) is 9.10. The van der Waals surface area contributed by atoms with Gasteiger partial charge in [0.05, 0.1) is 5.02 Å². The summed E-state index contributed by atoms with van der Waals surface area (Å²) < 4.78 is 0. The van der Waals surface area contributed by atoms with E-state index in [1.54, 1.807) is 18.2 Å². The smallest absolute Gasteiger partial charge is 0.169 e. The highest BCUT2D eigenvalue weighted by molar-refractivity contribution is 6.37. The molecule has 0 unspecified atom stereocenters. The summed E-state index contributed by atoms with van der Waals surface area (Å²) in [4.78, 5) is 12.1. The molecule has 0 heterocycles. The van der Waals surface area contributed by atoms with Gasteiger partial charge in [-0.05, 0) is 24.6 Å². The molecule has 0 aromatic heterocycles. The van der Waals surface area contributed by atoms with Crippen molar-refractivity contribution in [3.63, 3.8) is 0 Å². The third kappa shape index (κ3) is 2.73. The van der Waals surface area contributed by atoms with Crippen LogP contribution in [0.4, 0.5) is 0 Å². The minimum atomic E-state index is -0.378. The van der Waals surface area contributed by atoms with Crippen LogP contribution in [0.15, 0.2) is 18.2 Å². The molecule has 0 N–H and O–H groups in total. The van der Waals surface area contributed by atoms with Crippen molar-refractivity contribution >= 4 is 29.0 Å². The van der Waals surface area contributed by atoms with Crippen LogP contribution in [-0.4, -0.2) is 5.78 Å². The fraction of sp³-hybridized carbons (Fsp3) is 0.417. The Balaban J connectivity index is 3.12. The molecule has 0 saturated heterocycles. The summed E-state index contributed by atoms with van der Waals surface area (Å²) in [7, 11) is 0. The summed E-state index contributed by atoms with van der Waals surface area (Å²) in [6, 6.07) is 4.97. The quantitative estimate of drug-likeness (QED) is 0.710. The van der Waals surface area contributed by atoms with Gasteiger partial charge < -0.3 is 0 Å². The Morgan fingerprint density at radius 1 is 1.33 bits per heavy atom. The minimum absolute atomic E-state index is 0.0617. The fourth-order valence-electron chi connectivity index (χ4n) is 1.20. The topological polar surface area (TPSA) is 17.1 Å². The van der Waals surface area contributed by atoms with Crippen LogP contribution in [0.3, 0.4) is 0 Å². The van der Waals surface area contributed by atoms with E-state index in [0.717, 1.165) is 6.42 Å². The third-order valence-electron chi connectivity index (χ3n) is 2.67. The maximum Gasteiger partial charge on any atom is 0.169 e. The van der Waals surface area contributed by atoms with Crippen LogP contribution in [0.5, 0.6) is 0 Å². The number of ketones is 1. The van der Waals surface area contributed by atoms with Crippen LogP contribution in [-0.2, 0) is 0 Å². The Kier molecular flexibility index (Phi) is 3.80. The van der Waals surface area contributed by atoms with Crippen LogP contribution in [0.25, 0.3) is 0 Å². The average Bonchev–Trinajstić information content (AvgIpc) is 2.17. The zero-order chi connectivity index (χ0) is 11.6. The zero-order valence-corrected chi connectivity index (χ0v) is 10.6. The van der Waals surface area contributed by atoms with E-state index in [4.69, 9.17) is 23.2 Å². The van der Waals surface area contributed by atoms with Crippen molar-refractivity contribution in [2.24, 2.45) is 5.41 Å². The number of carbonyl (C=O) groups excluding carboxylic acids is 1. The van der Waals surface area contributed by atoms with Crippen molar-refractivity contribution in [1.82, 2.24) is 0 Å². The maximum absolute atomic E-state index is 12.1. The summed E-state index contributed by atoms with van der Waals surface area (Å²) in [6.45, 7) is 5.82. The third-order valence-corrected chi connectivity index (χ3v) is 3.22. The van der Waals surface area contributed by atoms with E-state index in [-0.39, 0.29) is 11.2 Å². The second-order valence-electron chi connectivity index (χ2n) is 4.19. The van der Waals surface area contributed by atoms with Crippen LogP contribution < -0.4 is 0 Å². The molecule has 15 heavy (non-hydrogen) atoms. The van der Waals surface area contributed by atoms with E-state index in [9.17, 15) is 4.79 Å². The molecule has 0 aliphatic heterocycles. The Bertz CT molecular complexity index is 383. The lowest BCUT2D eigenvalue weighted by Gasteiger charge is -2.21. The van der Waals surface area contributed by atoms with Crippen LogP contribution in [0, 0.1) is 5.41 Å². The molecule has 82 valence electrons. The predicted molar refractivity (Wildman–Crippen MR) is 64.9 cm³/mol. The Labute approximate surface area is 100 Å². The van der Waals surface area contributed by atoms with Crippen molar-refractivity contribution in [2.45, 2.75) is 27.2 Å². The predicted octanol–water partition coefficient (Wildman–Crippen LogP) is 4.61. The first-order valence-electron chi connectivity index (χ1n) is 4.88. The molecule has 0 spiro atoms. The van der Waals surface area contributed by atoms with Gasteiger partial charge in [-0.1, -0.05) is 44.0 Å². The molecule has 0 saturated carbocycles. The van der Waals surface area contributed by atoms with E-state index in [2.05, 4.69) is 0 Å². The average molecular weight is 245 g/mol. The molecular formula is C12H14Cl2O. The van der Waals surface area contributed by atoms with Gasteiger partial charge in [-0.25, -0.2) is 0 Å². The number of halogens is 2. The number of rotatable bonds is 3. The number of carbonyl (C=O) groups is 1. The molecule has 0 bridgehead atoms. The molecule has 0 amide bonds. The Morgan fingerprint density at radius 3 is 2.40 bits per heavy atom. The highest BCUT2D eigenvalue weighted by Crippen LogP contribution is 2.30. The van der Waals surface area contributed by atoms with Crippen LogP contribution in [0.2, 0.25) is 10.0 Å². The molecule has 1 aromatic carbocycles. The Hall–Kier alpha value is -0.530. The van der Waals surface area contributed by atoms with Gasteiger partial charge in [-0.2, -0.15) is 0 Å². The second-order valence-corrected chi connectivity index (χ2v) is 5.03. The highest BCUT2D eigenvalue weighted by atomic mass is 35.5. The molecular weight excluding hydrogens is 231 g/mol. The van der Waals surface area contributed by atoms with Crippen molar-refractivity contribution in [1.29, 1.82) is 0 Å². The number of hydrogen-bond acceptors (Lipinski definition) is 1. The standard InChI is InChI=1S/C12H14Cl2O/c1-4-12(2,3)11(15)9-6-5-8(13)7-10(9)14/h5-7H,4H2,1-3H3. The van der Waals surface area contributed by atoms with Gasteiger partial charge >= 0.3 is 0 Å². The SMILES string of the molecule is CCC(C)(C)C(=O)c1ccc(Cl)cc1Cl. The van der Waals surface area contributed by atoms with Gasteiger partial charge in [0, 0.05) is 16.0 Å². The van der Waals surface area contributed by atoms with Crippen molar-refractivity contribution in [3.05, 3.63) is 33.8 Å². The first kappa shape index (κ1) is 12.5. The summed E-state index contributed by atoms with van der Waals surface area (Å²) in [5.41, 5.74) is 0.171. The summed E-state index contributed by atoms with van der Waals surface area (Å²) in [6.07, 6.45) is 0.783. The molecule has 0 radical (unpaired) electrons. The van der Waals surface area contributed by atoms with Gasteiger partial charge in [-0.15, -0.1) is 0 Å².